The van der Waals surface area contributed by atoms with Gasteiger partial charge in [0.1, 0.15) is 11.2 Å². The lowest BCUT2D eigenvalue weighted by Crippen LogP contribution is -2.24. The van der Waals surface area contributed by atoms with Crippen molar-refractivity contribution >= 4 is 17.0 Å². The zero-order valence-corrected chi connectivity index (χ0v) is 12.1. The monoisotopic (exact) mass is 260 g/mol. The molecule has 0 aliphatic heterocycles. The molecule has 2 rings (SSSR count). The lowest BCUT2D eigenvalue weighted by molar-refractivity contribution is 0.00711. The number of aryl methyl sites for hydroxylation is 2. The fraction of sp³-hybridized carbons (Fsp3) is 0.467. The fourth-order valence-electron chi connectivity index (χ4n) is 2.18. The second kappa shape index (κ2) is 4.68. The molecule has 4 nitrogen and oxygen atoms in total. The van der Waals surface area contributed by atoms with Crippen molar-refractivity contribution in [3.8, 4) is 0 Å². The summed E-state index contributed by atoms with van der Waals surface area (Å²) in [5.74, 6) is -0.293. The van der Waals surface area contributed by atoms with Crippen molar-refractivity contribution in [1.82, 2.24) is 9.97 Å². The highest BCUT2D eigenvalue weighted by atomic mass is 16.6. The van der Waals surface area contributed by atoms with Crippen molar-refractivity contribution in [2.45, 2.75) is 46.6 Å². The van der Waals surface area contributed by atoms with E-state index in [-0.39, 0.29) is 5.97 Å². The number of carbonyl (C=O) groups excluding carboxylic acids is 1. The molecule has 2 aromatic rings. The standard InChI is InChI=1S/C15H20N2O2/c1-6-10-7-8-16-13-12(10)11(9(2)17-13)14(18)19-15(3,4)5/h7-8H,6H2,1-5H3,(H,16,17). The van der Waals surface area contributed by atoms with Crippen molar-refractivity contribution in [3.63, 3.8) is 0 Å². The summed E-state index contributed by atoms with van der Waals surface area (Å²) in [5.41, 5.74) is 2.77. The zero-order chi connectivity index (χ0) is 14.2. The molecule has 0 aliphatic rings. The Balaban J connectivity index is 2.59. The van der Waals surface area contributed by atoms with E-state index in [2.05, 4.69) is 16.9 Å². The van der Waals surface area contributed by atoms with Gasteiger partial charge in [0, 0.05) is 17.3 Å². The van der Waals surface area contributed by atoms with Gasteiger partial charge >= 0.3 is 5.97 Å². The Bertz CT molecular complexity index is 621. The average Bonchev–Trinajstić information content (AvgIpc) is 2.62. The molecule has 0 radical (unpaired) electrons. The summed E-state index contributed by atoms with van der Waals surface area (Å²) < 4.78 is 5.48. The van der Waals surface area contributed by atoms with Gasteiger partial charge in [-0.25, -0.2) is 9.78 Å². The number of aromatic amines is 1. The van der Waals surface area contributed by atoms with Crippen molar-refractivity contribution in [2.24, 2.45) is 0 Å². The van der Waals surface area contributed by atoms with Crippen molar-refractivity contribution in [2.75, 3.05) is 0 Å². The maximum Gasteiger partial charge on any atom is 0.341 e. The molecule has 0 atom stereocenters. The van der Waals surface area contributed by atoms with E-state index in [1.165, 1.54) is 0 Å². The van der Waals surface area contributed by atoms with E-state index in [4.69, 9.17) is 4.74 Å². The molecule has 1 N–H and O–H groups in total. The molecule has 0 saturated carbocycles. The highest BCUT2D eigenvalue weighted by Gasteiger charge is 2.24. The van der Waals surface area contributed by atoms with Crippen LogP contribution in [0.1, 0.15) is 49.3 Å². The van der Waals surface area contributed by atoms with E-state index < -0.39 is 5.60 Å². The van der Waals surface area contributed by atoms with Crippen LogP contribution >= 0.6 is 0 Å². The number of nitrogens with zero attached hydrogens (tertiary/aromatic N) is 1. The summed E-state index contributed by atoms with van der Waals surface area (Å²) in [4.78, 5) is 19.8. The van der Waals surface area contributed by atoms with E-state index in [0.717, 1.165) is 28.7 Å². The first-order valence-electron chi connectivity index (χ1n) is 6.53. The van der Waals surface area contributed by atoms with Crippen molar-refractivity contribution in [3.05, 3.63) is 29.1 Å². The third kappa shape index (κ3) is 2.62. The second-order valence-electron chi connectivity index (χ2n) is 5.67. The Labute approximate surface area is 113 Å². The lowest BCUT2D eigenvalue weighted by atomic mass is 10.1. The highest BCUT2D eigenvalue weighted by Crippen LogP contribution is 2.26. The molecular formula is C15H20N2O2. The van der Waals surface area contributed by atoms with Crippen LogP contribution in [0.3, 0.4) is 0 Å². The van der Waals surface area contributed by atoms with Crippen LogP contribution < -0.4 is 0 Å². The molecule has 2 heterocycles. The number of hydrogen-bond donors (Lipinski definition) is 1. The van der Waals surface area contributed by atoms with Crippen LogP contribution in [0, 0.1) is 6.92 Å². The van der Waals surface area contributed by atoms with Crippen LogP contribution in [0.4, 0.5) is 0 Å². The third-order valence-electron chi connectivity index (χ3n) is 2.95. The van der Waals surface area contributed by atoms with Crippen molar-refractivity contribution < 1.29 is 9.53 Å². The number of rotatable bonds is 2. The van der Waals surface area contributed by atoms with Crippen LogP contribution in [0.25, 0.3) is 11.0 Å². The molecule has 0 amide bonds. The quantitative estimate of drug-likeness (QED) is 0.842. The SMILES string of the molecule is CCc1ccnc2[nH]c(C)c(C(=O)OC(C)(C)C)c12. The van der Waals surface area contributed by atoms with Crippen LogP contribution in [-0.4, -0.2) is 21.5 Å². The number of carbonyl (C=O) groups is 1. The largest absolute Gasteiger partial charge is 0.456 e. The van der Waals surface area contributed by atoms with E-state index in [1.54, 1.807) is 6.20 Å². The summed E-state index contributed by atoms with van der Waals surface area (Å²) in [6.45, 7) is 9.55. The molecule has 0 aliphatic carbocycles. The number of ether oxygens (including phenoxy) is 1. The smallest absolute Gasteiger partial charge is 0.341 e. The minimum Gasteiger partial charge on any atom is -0.456 e. The predicted molar refractivity (Wildman–Crippen MR) is 75.4 cm³/mol. The van der Waals surface area contributed by atoms with Gasteiger partial charge in [0.25, 0.3) is 0 Å². The van der Waals surface area contributed by atoms with E-state index in [1.807, 2.05) is 33.8 Å². The number of H-pyrrole nitrogens is 1. The fourth-order valence-corrected chi connectivity index (χ4v) is 2.18. The molecule has 0 saturated heterocycles. The molecule has 0 fully saturated rings. The average molecular weight is 260 g/mol. The first-order chi connectivity index (χ1) is 8.83. The third-order valence-corrected chi connectivity index (χ3v) is 2.95. The van der Waals surface area contributed by atoms with Gasteiger partial charge < -0.3 is 9.72 Å². The minimum absolute atomic E-state index is 0.293. The van der Waals surface area contributed by atoms with Gasteiger partial charge in [0.2, 0.25) is 0 Å². The Kier molecular flexibility index (Phi) is 3.35. The van der Waals surface area contributed by atoms with Gasteiger partial charge in [-0.2, -0.15) is 0 Å². The number of nitrogens with one attached hydrogen (secondary N) is 1. The van der Waals surface area contributed by atoms with Gasteiger partial charge in [-0.3, -0.25) is 0 Å². The number of pyridine rings is 1. The zero-order valence-electron chi connectivity index (χ0n) is 12.1. The van der Waals surface area contributed by atoms with Crippen LogP contribution in [0.5, 0.6) is 0 Å². The molecule has 0 aromatic carbocycles. The summed E-state index contributed by atoms with van der Waals surface area (Å²) in [6, 6.07) is 1.95. The Morgan fingerprint density at radius 1 is 1.42 bits per heavy atom. The van der Waals surface area contributed by atoms with Gasteiger partial charge in [0.15, 0.2) is 0 Å². The Morgan fingerprint density at radius 2 is 2.11 bits per heavy atom. The highest BCUT2D eigenvalue weighted by molar-refractivity contribution is 6.06. The summed E-state index contributed by atoms with van der Waals surface area (Å²) in [6.07, 6.45) is 2.61. The van der Waals surface area contributed by atoms with Crippen LogP contribution in [0.15, 0.2) is 12.3 Å². The summed E-state index contributed by atoms with van der Waals surface area (Å²) in [7, 11) is 0. The second-order valence-corrected chi connectivity index (χ2v) is 5.67. The number of esters is 1. The van der Waals surface area contributed by atoms with E-state index in [0.29, 0.717) is 5.56 Å². The maximum atomic E-state index is 12.4. The minimum atomic E-state index is -0.498. The normalized spacial score (nSPS) is 11.8. The van der Waals surface area contributed by atoms with E-state index >= 15 is 0 Å². The lowest BCUT2D eigenvalue weighted by Gasteiger charge is -2.19. The summed E-state index contributed by atoms with van der Waals surface area (Å²) in [5, 5.41) is 0.886. The van der Waals surface area contributed by atoms with Gasteiger partial charge in [0.05, 0.1) is 5.56 Å². The summed E-state index contributed by atoms with van der Waals surface area (Å²) >= 11 is 0. The topological polar surface area (TPSA) is 55.0 Å². The molecule has 0 spiro atoms. The van der Waals surface area contributed by atoms with E-state index in [9.17, 15) is 4.79 Å². The first kappa shape index (κ1) is 13.6. The molecule has 2 aromatic heterocycles. The van der Waals surface area contributed by atoms with Crippen LogP contribution in [-0.2, 0) is 11.2 Å². The number of fused-ring (bicyclic) bond motifs is 1. The molecule has 19 heavy (non-hydrogen) atoms. The molecular weight excluding hydrogens is 240 g/mol. The van der Waals surface area contributed by atoms with Crippen LogP contribution in [0.2, 0.25) is 0 Å². The Hall–Kier alpha value is -1.84. The van der Waals surface area contributed by atoms with Gasteiger partial charge in [-0.15, -0.1) is 0 Å². The Morgan fingerprint density at radius 3 is 2.68 bits per heavy atom. The number of hydrogen-bond acceptors (Lipinski definition) is 3. The molecule has 0 unspecified atom stereocenters. The molecule has 102 valence electrons. The van der Waals surface area contributed by atoms with Gasteiger partial charge in [-0.05, 0) is 45.7 Å². The molecule has 0 bridgehead atoms. The van der Waals surface area contributed by atoms with Gasteiger partial charge in [-0.1, -0.05) is 6.92 Å². The predicted octanol–water partition coefficient (Wildman–Crippen LogP) is 3.39. The first-order valence-corrected chi connectivity index (χ1v) is 6.53. The van der Waals surface area contributed by atoms with Crippen molar-refractivity contribution in [1.29, 1.82) is 0 Å². The number of aromatic nitrogens is 2. The maximum absolute atomic E-state index is 12.4. The molecule has 4 heteroatoms.